The van der Waals surface area contributed by atoms with Crippen molar-refractivity contribution in [2.24, 2.45) is 5.92 Å². The Labute approximate surface area is 103 Å². The van der Waals surface area contributed by atoms with Gasteiger partial charge in [-0.1, -0.05) is 0 Å². The highest BCUT2D eigenvalue weighted by atomic mass is 16.5. The number of nitrogens with one attached hydrogen (secondary N) is 1. The molecule has 0 aromatic rings. The van der Waals surface area contributed by atoms with Crippen molar-refractivity contribution in [3.63, 3.8) is 0 Å². The average Bonchev–Trinajstić information content (AvgIpc) is 2.28. The molecule has 1 atom stereocenters. The van der Waals surface area contributed by atoms with E-state index in [1.807, 2.05) is 11.9 Å². The SMILES string of the molecule is COC(=O)C(C)(O)CN(C)CC1CCNCC1. The molecule has 0 bridgehead atoms. The molecule has 0 amide bonds. The second kappa shape index (κ2) is 6.33. The number of rotatable bonds is 5. The number of ether oxygens (including phenoxy) is 1. The highest BCUT2D eigenvalue weighted by molar-refractivity contribution is 5.78. The van der Waals surface area contributed by atoms with Gasteiger partial charge in [0.25, 0.3) is 0 Å². The van der Waals surface area contributed by atoms with Crippen LogP contribution in [-0.4, -0.2) is 61.9 Å². The molecule has 0 aromatic carbocycles. The van der Waals surface area contributed by atoms with Crippen LogP contribution in [0.1, 0.15) is 19.8 Å². The van der Waals surface area contributed by atoms with E-state index in [-0.39, 0.29) is 0 Å². The Morgan fingerprint density at radius 2 is 2.12 bits per heavy atom. The van der Waals surface area contributed by atoms with Gasteiger partial charge in [-0.2, -0.15) is 0 Å². The third-order valence-electron chi connectivity index (χ3n) is 3.23. The standard InChI is InChI=1S/C12H24N2O3/c1-12(16,11(15)17-3)9-14(2)8-10-4-6-13-7-5-10/h10,13,16H,4-9H2,1-3H3. The monoisotopic (exact) mass is 244 g/mol. The van der Waals surface area contributed by atoms with Crippen molar-refractivity contribution < 1.29 is 14.6 Å². The molecule has 17 heavy (non-hydrogen) atoms. The molecule has 1 aliphatic rings. The third kappa shape index (κ3) is 4.61. The molecule has 1 rings (SSSR count). The smallest absolute Gasteiger partial charge is 0.338 e. The van der Waals surface area contributed by atoms with Crippen molar-refractivity contribution in [2.45, 2.75) is 25.4 Å². The summed E-state index contributed by atoms with van der Waals surface area (Å²) in [5, 5.41) is 13.3. The summed E-state index contributed by atoms with van der Waals surface area (Å²) in [6.45, 7) is 4.84. The summed E-state index contributed by atoms with van der Waals surface area (Å²) in [6, 6.07) is 0. The second-order valence-corrected chi connectivity index (χ2v) is 5.16. The van der Waals surface area contributed by atoms with Gasteiger partial charge in [-0.15, -0.1) is 0 Å². The van der Waals surface area contributed by atoms with Crippen LogP contribution < -0.4 is 5.32 Å². The van der Waals surface area contributed by atoms with Crippen LogP contribution in [0.2, 0.25) is 0 Å². The number of likely N-dealkylation sites (N-methyl/N-ethyl adjacent to an activating group) is 1. The van der Waals surface area contributed by atoms with Gasteiger partial charge in [-0.3, -0.25) is 0 Å². The zero-order chi connectivity index (χ0) is 12.9. The van der Waals surface area contributed by atoms with Gasteiger partial charge in [0.2, 0.25) is 0 Å². The number of carbonyl (C=O) groups excluding carboxylic acids is 1. The van der Waals surface area contributed by atoms with E-state index in [1.54, 1.807) is 0 Å². The normalized spacial score (nSPS) is 21.2. The molecular formula is C12H24N2O3. The Kier molecular flexibility index (Phi) is 5.36. The number of methoxy groups -OCH3 is 1. The first-order valence-corrected chi connectivity index (χ1v) is 6.16. The van der Waals surface area contributed by atoms with Crippen LogP contribution in [0.15, 0.2) is 0 Å². The lowest BCUT2D eigenvalue weighted by molar-refractivity contribution is -0.162. The summed E-state index contributed by atoms with van der Waals surface area (Å²) < 4.78 is 4.58. The average molecular weight is 244 g/mol. The molecule has 0 spiro atoms. The van der Waals surface area contributed by atoms with Gasteiger partial charge >= 0.3 is 5.97 Å². The predicted octanol–water partition coefficient (Wildman–Crippen LogP) is -0.158. The van der Waals surface area contributed by atoms with Crippen molar-refractivity contribution in [1.29, 1.82) is 0 Å². The maximum absolute atomic E-state index is 11.4. The number of piperidine rings is 1. The van der Waals surface area contributed by atoms with E-state index in [2.05, 4.69) is 10.1 Å². The van der Waals surface area contributed by atoms with Crippen molar-refractivity contribution in [1.82, 2.24) is 10.2 Å². The minimum atomic E-state index is -1.42. The Morgan fingerprint density at radius 3 is 2.65 bits per heavy atom. The molecule has 1 fully saturated rings. The van der Waals surface area contributed by atoms with Crippen LogP contribution in [0.3, 0.4) is 0 Å². The summed E-state index contributed by atoms with van der Waals surface area (Å²) in [5.74, 6) is 0.0735. The summed E-state index contributed by atoms with van der Waals surface area (Å²) in [7, 11) is 3.23. The van der Waals surface area contributed by atoms with Crippen molar-refractivity contribution in [2.75, 3.05) is 40.3 Å². The zero-order valence-electron chi connectivity index (χ0n) is 11.0. The Balaban J connectivity index is 2.37. The Bertz CT molecular complexity index is 250. The van der Waals surface area contributed by atoms with Crippen LogP contribution in [0.4, 0.5) is 0 Å². The minimum absolute atomic E-state index is 0.309. The zero-order valence-corrected chi connectivity index (χ0v) is 11.0. The molecule has 2 N–H and O–H groups in total. The van der Waals surface area contributed by atoms with Gasteiger partial charge in [0.05, 0.1) is 7.11 Å². The fraction of sp³-hybridized carbons (Fsp3) is 0.917. The van der Waals surface area contributed by atoms with Crippen molar-refractivity contribution in [3.05, 3.63) is 0 Å². The first kappa shape index (κ1) is 14.4. The lowest BCUT2D eigenvalue weighted by Gasteiger charge is -2.31. The van der Waals surface area contributed by atoms with E-state index >= 15 is 0 Å². The molecule has 5 heteroatoms. The maximum Gasteiger partial charge on any atom is 0.338 e. The summed E-state index contributed by atoms with van der Waals surface area (Å²) >= 11 is 0. The molecule has 0 aromatic heterocycles. The fourth-order valence-corrected chi connectivity index (χ4v) is 2.38. The first-order chi connectivity index (χ1) is 7.95. The second-order valence-electron chi connectivity index (χ2n) is 5.16. The Hall–Kier alpha value is -0.650. The largest absolute Gasteiger partial charge is 0.467 e. The molecule has 0 radical (unpaired) electrons. The number of carbonyl (C=O) groups is 1. The molecule has 100 valence electrons. The van der Waals surface area contributed by atoms with Crippen LogP contribution in [0.25, 0.3) is 0 Å². The van der Waals surface area contributed by atoms with Crippen LogP contribution in [-0.2, 0) is 9.53 Å². The lowest BCUT2D eigenvalue weighted by atomic mass is 9.97. The van der Waals surface area contributed by atoms with E-state index in [0.29, 0.717) is 12.5 Å². The molecular weight excluding hydrogens is 220 g/mol. The molecule has 1 saturated heterocycles. The number of hydrogen-bond acceptors (Lipinski definition) is 5. The molecule has 0 aliphatic carbocycles. The van der Waals surface area contributed by atoms with Gasteiger partial charge in [0, 0.05) is 13.1 Å². The number of hydrogen-bond donors (Lipinski definition) is 2. The van der Waals surface area contributed by atoms with E-state index in [4.69, 9.17) is 0 Å². The van der Waals surface area contributed by atoms with Crippen LogP contribution in [0.5, 0.6) is 0 Å². The highest BCUT2D eigenvalue weighted by Gasteiger charge is 2.33. The van der Waals surface area contributed by atoms with Gasteiger partial charge in [0.15, 0.2) is 5.60 Å². The van der Waals surface area contributed by atoms with Gasteiger partial charge in [-0.05, 0) is 45.8 Å². The van der Waals surface area contributed by atoms with Crippen LogP contribution >= 0.6 is 0 Å². The van der Waals surface area contributed by atoms with Gasteiger partial charge < -0.3 is 20.1 Å². The predicted molar refractivity (Wildman–Crippen MR) is 65.7 cm³/mol. The molecule has 1 heterocycles. The molecule has 1 aliphatic heterocycles. The number of esters is 1. The summed E-state index contributed by atoms with van der Waals surface area (Å²) in [4.78, 5) is 13.4. The summed E-state index contributed by atoms with van der Waals surface area (Å²) in [5.41, 5.74) is -1.42. The molecule has 0 saturated carbocycles. The molecule has 1 unspecified atom stereocenters. The highest BCUT2D eigenvalue weighted by Crippen LogP contribution is 2.15. The number of aliphatic hydroxyl groups is 1. The Morgan fingerprint density at radius 1 is 1.53 bits per heavy atom. The van der Waals surface area contributed by atoms with E-state index in [1.165, 1.54) is 14.0 Å². The number of nitrogens with zero attached hydrogens (tertiary/aromatic N) is 1. The molecule has 5 nitrogen and oxygen atoms in total. The van der Waals surface area contributed by atoms with Gasteiger partial charge in [0.1, 0.15) is 0 Å². The third-order valence-corrected chi connectivity index (χ3v) is 3.23. The topological polar surface area (TPSA) is 61.8 Å². The fourth-order valence-electron chi connectivity index (χ4n) is 2.38. The quantitative estimate of drug-likeness (QED) is 0.658. The van der Waals surface area contributed by atoms with E-state index < -0.39 is 11.6 Å². The summed E-state index contributed by atoms with van der Waals surface area (Å²) in [6.07, 6.45) is 2.31. The van der Waals surface area contributed by atoms with E-state index in [9.17, 15) is 9.90 Å². The maximum atomic E-state index is 11.4. The van der Waals surface area contributed by atoms with E-state index in [0.717, 1.165) is 32.5 Å². The minimum Gasteiger partial charge on any atom is -0.467 e. The lowest BCUT2D eigenvalue weighted by Crippen LogP contribution is -2.47. The van der Waals surface area contributed by atoms with Crippen molar-refractivity contribution >= 4 is 5.97 Å². The first-order valence-electron chi connectivity index (χ1n) is 6.16. The van der Waals surface area contributed by atoms with Crippen LogP contribution in [0, 0.1) is 5.92 Å². The van der Waals surface area contributed by atoms with Crippen molar-refractivity contribution in [3.8, 4) is 0 Å². The van der Waals surface area contributed by atoms with Gasteiger partial charge in [-0.25, -0.2) is 4.79 Å².